The van der Waals surface area contributed by atoms with E-state index in [9.17, 15) is 0 Å². The highest BCUT2D eigenvalue weighted by molar-refractivity contribution is 14.0. The quantitative estimate of drug-likeness (QED) is 0.394. The molecule has 5 heteroatoms. The lowest BCUT2D eigenvalue weighted by atomic mass is 10.0. The molecule has 2 aromatic carbocycles. The van der Waals surface area contributed by atoms with Crippen LogP contribution in [-0.4, -0.2) is 26.7 Å². The van der Waals surface area contributed by atoms with E-state index in [0.29, 0.717) is 5.92 Å². The second-order valence-electron chi connectivity index (χ2n) is 5.94. The van der Waals surface area contributed by atoms with Crippen molar-refractivity contribution in [3.05, 3.63) is 65.2 Å². The highest BCUT2D eigenvalue weighted by Gasteiger charge is 2.11. The van der Waals surface area contributed by atoms with Crippen molar-refractivity contribution < 1.29 is 4.74 Å². The maximum atomic E-state index is 5.44. The maximum absolute atomic E-state index is 5.44. The topological polar surface area (TPSA) is 45.7 Å². The number of nitrogens with zero attached hydrogens (tertiary/aromatic N) is 1. The molecule has 0 saturated heterocycles. The number of hydrogen-bond donors (Lipinski definition) is 2. The monoisotopic (exact) mass is 453 g/mol. The molecule has 25 heavy (non-hydrogen) atoms. The smallest absolute Gasteiger partial charge is 0.191 e. The van der Waals surface area contributed by atoms with E-state index in [4.69, 9.17) is 4.74 Å². The highest BCUT2D eigenvalue weighted by atomic mass is 127. The summed E-state index contributed by atoms with van der Waals surface area (Å²) in [4.78, 5) is 4.30. The van der Waals surface area contributed by atoms with Gasteiger partial charge in [0, 0.05) is 26.1 Å². The molecule has 4 nitrogen and oxygen atoms in total. The maximum Gasteiger partial charge on any atom is 0.191 e. The van der Waals surface area contributed by atoms with Crippen molar-refractivity contribution in [2.45, 2.75) is 26.3 Å². The standard InChI is InChI=1S/C20H27N3O.HI/c1-15-8-7-9-17(12-15)14-23-20(21-3)22-13-16(2)18-10-5-6-11-19(18)24-4;/h5-12,16H,13-14H2,1-4H3,(H2,21,22,23);1H. The number of ether oxygens (including phenoxy) is 1. The van der Waals surface area contributed by atoms with Crippen molar-refractivity contribution in [3.8, 4) is 5.75 Å². The summed E-state index contributed by atoms with van der Waals surface area (Å²) in [6.07, 6.45) is 0. The summed E-state index contributed by atoms with van der Waals surface area (Å²) >= 11 is 0. The third kappa shape index (κ3) is 6.57. The molecule has 1 unspecified atom stereocenters. The minimum Gasteiger partial charge on any atom is -0.496 e. The van der Waals surface area contributed by atoms with Crippen molar-refractivity contribution >= 4 is 29.9 Å². The van der Waals surface area contributed by atoms with E-state index in [1.54, 1.807) is 14.2 Å². The average molecular weight is 453 g/mol. The third-order valence-electron chi connectivity index (χ3n) is 4.01. The second kappa shape index (κ2) is 11.0. The Hall–Kier alpha value is -1.76. The summed E-state index contributed by atoms with van der Waals surface area (Å²) in [7, 11) is 3.50. The Morgan fingerprint density at radius 3 is 2.56 bits per heavy atom. The Labute approximate surface area is 168 Å². The first kappa shape index (κ1) is 21.3. The lowest BCUT2D eigenvalue weighted by molar-refractivity contribution is 0.406. The first-order valence-electron chi connectivity index (χ1n) is 8.27. The summed E-state index contributed by atoms with van der Waals surface area (Å²) in [5, 5.41) is 6.74. The van der Waals surface area contributed by atoms with Gasteiger partial charge in [0.2, 0.25) is 0 Å². The molecule has 0 saturated carbocycles. The number of aryl methyl sites for hydroxylation is 1. The Morgan fingerprint density at radius 1 is 1.12 bits per heavy atom. The Balaban J connectivity index is 0.00000312. The summed E-state index contributed by atoms with van der Waals surface area (Å²) < 4.78 is 5.44. The van der Waals surface area contributed by atoms with Gasteiger partial charge in [-0.05, 0) is 24.1 Å². The van der Waals surface area contributed by atoms with E-state index in [2.05, 4.69) is 59.8 Å². The van der Waals surface area contributed by atoms with Gasteiger partial charge in [0.1, 0.15) is 5.75 Å². The lowest BCUT2D eigenvalue weighted by Crippen LogP contribution is -2.38. The van der Waals surface area contributed by atoms with E-state index < -0.39 is 0 Å². The Morgan fingerprint density at radius 2 is 1.88 bits per heavy atom. The third-order valence-corrected chi connectivity index (χ3v) is 4.01. The predicted octanol–water partition coefficient (Wildman–Crippen LogP) is 4.09. The lowest BCUT2D eigenvalue weighted by Gasteiger charge is -2.18. The van der Waals surface area contributed by atoms with Crippen molar-refractivity contribution in [2.24, 2.45) is 4.99 Å². The fraction of sp³-hybridized carbons (Fsp3) is 0.350. The van der Waals surface area contributed by atoms with Gasteiger partial charge in [-0.1, -0.05) is 55.0 Å². The molecule has 0 aromatic heterocycles. The number of benzene rings is 2. The van der Waals surface area contributed by atoms with Crippen molar-refractivity contribution in [1.82, 2.24) is 10.6 Å². The van der Waals surface area contributed by atoms with Crippen LogP contribution in [0.3, 0.4) is 0 Å². The minimum atomic E-state index is 0. The number of para-hydroxylation sites is 1. The van der Waals surface area contributed by atoms with Gasteiger partial charge in [-0.15, -0.1) is 24.0 Å². The predicted molar refractivity (Wildman–Crippen MR) is 116 cm³/mol. The van der Waals surface area contributed by atoms with Crippen LogP contribution in [0.1, 0.15) is 29.5 Å². The van der Waals surface area contributed by atoms with Gasteiger partial charge < -0.3 is 15.4 Å². The van der Waals surface area contributed by atoms with Crippen LogP contribution in [0.5, 0.6) is 5.75 Å². The summed E-state index contributed by atoms with van der Waals surface area (Å²) in [6.45, 7) is 5.82. The van der Waals surface area contributed by atoms with Gasteiger partial charge in [-0.2, -0.15) is 0 Å². The molecule has 136 valence electrons. The SMILES string of the molecule is CN=C(NCc1cccc(C)c1)NCC(C)c1ccccc1OC.I. The minimum absolute atomic E-state index is 0. The number of hydrogen-bond acceptors (Lipinski definition) is 2. The zero-order chi connectivity index (χ0) is 17.4. The molecule has 0 aliphatic carbocycles. The molecule has 0 bridgehead atoms. The molecule has 1 atom stereocenters. The molecule has 0 amide bonds. The largest absolute Gasteiger partial charge is 0.496 e. The number of halogens is 1. The molecular formula is C20H28IN3O. The molecule has 0 aliphatic heterocycles. The molecule has 0 aliphatic rings. The van der Waals surface area contributed by atoms with E-state index in [1.165, 1.54) is 16.7 Å². The number of nitrogens with one attached hydrogen (secondary N) is 2. The number of methoxy groups -OCH3 is 1. The van der Waals surface area contributed by atoms with Gasteiger partial charge in [-0.25, -0.2) is 0 Å². The van der Waals surface area contributed by atoms with Crippen molar-refractivity contribution in [2.75, 3.05) is 20.7 Å². The van der Waals surface area contributed by atoms with Crippen LogP contribution in [0.15, 0.2) is 53.5 Å². The van der Waals surface area contributed by atoms with Crippen LogP contribution in [-0.2, 0) is 6.54 Å². The first-order chi connectivity index (χ1) is 11.6. The van der Waals surface area contributed by atoms with Gasteiger partial charge in [0.25, 0.3) is 0 Å². The highest BCUT2D eigenvalue weighted by Crippen LogP contribution is 2.25. The number of guanidine groups is 1. The normalized spacial score (nSPS) is 12.1. The van der Waals surface area contributed by atoms with Gasteiger partial charge in [0.05, 0.1) is 7.11 Å². The molecule has 0 radical (unpaired) electrons. The van der Waals surface area contributed by atoms with Crippen LogP contribution in [0.25, 0.3) is 0 Å². The van der Waals surface area contributed by atoms with E-state index in [-0.39, 0.29) is 24.0 Å². The molecular weight excluding hydrogens is 425 g/mol. The average Bonchev–Trinajstić information content (AvgIpc) is 2.61. The molecule has 2 N–H and O–H groups in total. The van der Waals surface area contributed by atoms with Gasteiger partial charge in [0.15, 0.2) is 5.96 Å². The summed E-state index contributed by atoms with van der Waals surface area (Å²) in [5.74, 6) is 2.05. The zero-order valence-corrected chi connectivity index (χ0v) is 17.7. The van der Waals surface area contributed by atoms with E-state index >= 15 is 0 Å². The number of aliphatic imine (C=N–C) groups is 1. The van der Waals surface area contributed by atoms with Crippen LogP contribution in [0.2, 0.25) is 0 Å². The second-order valence-corrected chi connectivity index (χ2v) is 5.94. The van der Waals surface area contributed by atoms with Crippen LogP contribution in [0, 0.1) is 6.92 Å². The van der Waals surface area contributed by atoms with E-state index in [0.717, 1.165) is 24.8 Å². The number of rotatable bonds is 6. The van der Waals surface area contributed by atoms with Crippen LogP contribution < -0.4 is 15.4 Å². The Bertz CT molecular complexity index is 688. The molecule has 0 fully saturated rings. The summed E-state index contributed by atoms with van der Waals surface area (Å²) in [6, 6.07) is 16.6. The molecule has 0 heterocycles. The molecule has 2 aromatic rings. The van der Waals surface area contributed by atoms with E-state index in [1.807, 2.05) is 18.2 Å². The van der Waals surface area contributed by atoms with Crippen LogP contribution in [0.4, 0.5) is 0 Å². The van der Waals surface area contributed by atoms with Gasteiger partial charge in [-0.3, -0.25) is 4.99 Å². The zero-order valence-electron chi connectivity index (χ0n) is 15.4. The van der Waals surface area contributed by atoms with Gasteiger partial charge >= 0.3 is 0 Å². The summed E-state index contributed by atoms with van der Waals surface area (Å²) in [5.41, 5.74) is 3.71. The first-order valence-corrected chi connectivity index (χ1v) is 8.27. The van der Waals surface area contributed by atoms with Crippen LogP contribution >= 0.6 is 24.0 Å². The molecule has 2 rings (SSSR count). The molecule has 0 spiro atoms. The fourth-order valence-corrected chi connectivity index (χ4v) is 2.66. The van der Waals surface area contributed by atoms with Crippen molar-refractivity contribution in [3.63, 3.8) is 0 Å². The Kier molecular flexibility index (Phi) is 9.34. The fourth-order valence-electron chi connectivity index (χ4n) is 2.66. The van der Waals surface area contributed by atoms with Crippen molar-refractivity contribution in [1.29, 1.82) is 0 Å².